The van der Waals surface area contributed by atoms with Crippen molar-refractivity contribution in [2.24, 2.45) is 5.10 Å². The van der Waals surface area contributed by atoms with E-state index in [0.29, 0.717) is 10.0 Å². The molecular formula is C23H28BrN3O6. The van der Waals surface area contributed by atoms with Gasteiger partial charge in [-0.2, -0.15) is 5.10 Å². The van der Waals surface area contributed by atoms with Crippen LogP contribution in [0, 0.1) is 0 Å². The van der Waals surface area contributed by atoms with Crippen molar-refractivity contribution >= 4 is 34.1 Å². The largest absolute Gasteiger partial charge is 0.503 e. The molecule has 0 bridgehead atoms. The standard InChI is InChI=1S/C23H28BrN3O6/c1-23(2,3)33-22(30)26-18(14-32-13-15-8-6-5-7-9-15)21(29)27-25-12-16-10-17(24)20(28)19(11-16)31-4/h5-12,18,28H,13-14H2,1-4H3,(H,26,30)(H,27,29)/b25-12-/t18-/m0/s1. The molecule has 3 N–H and O–H groups in total. The first-order valence-corrected chi connectivity index (χ1v) is 10.9. The van der Waals surface area contributed by atoms with Gasteiger partial charge in [0.1, 0.15) is 11.6 Å². The monoisotopic (exact) mass is 521 g/mol. The van der Waals surface area contributed by atoms with Crippen molar-refractivity contribution in [3.8, 4) is 11.5 Å². The quantitative estimate of drug-likeness (QED) is 0.341. The van der Waals surface area contributed by atoms with E-state index < -0.39 is 23.6 Å². The van der Waals surface area contributed by atoms with Crippen LogP contribution >= 0.6 is 15.9 Å². The lowest BCUT2D eigenvalue weighted by molar-refractivity contribution is -0.124. The first-order chi connectivity index (χ1) is 15.6. The topological polar surface area (TPSA) is 118 Å². The molecular weight excluding hydrogens is 494 g/mol. The maximum absolute atomic E-state index is 12.7. The predicted molar refractivity (Wildman–Crippen MR) is 127 cm³/mol. The fourth-order valence-electron chi connectivity index (χ4n) is 2.57. The number of hydrogen-bond acceptors (Lipinski definition) is 7. The molecule has 0 heterocycles. The van der Waals surface area contributed by atoms with E-state index in [1.54, 1.807) is 32.9 Å². The highest BCUT2D eigenvalue weighted by molar-refractivity contribution is 9.10. The molecule has 0 saturated heterocycles. The molecule has 0 aromatic heterocycles. The van der Waals surface area contributed by atoms with E-state index in [1.807, 2.05) is 30.3 Å². The zero-order valence-corrected chi connectivity index (χ0v) is 20.5. The van der Waals surface area contributed by atoms with Crippen LogP contribution < -0.4 is 15.5 Å². The van der Waals surface area contributed by atoms with E-state index >= 15 is 0 Å². The second-order valence-electron chi connectivity index (χ2n) is 7.99. The lowest BCUT2D eigenvalue weighted by Gasteiger charge is -2.22. The number of phenols is 1. The number of amides is 2. The summed E-state index contributed by atoms with van der Waals surface area (Å²) in [5, 5.41) is 16.3. The summed E-state index contributed by atoms with van der Waals surface area (Å²) in [4.78, 5) is 24.9. The number of hydrogen-bond donors (Lipinski definition) is 3. The highest BCUT2D eigenvalue weighted by Crippen LogP contribution is 2.34. The zero-order valence-electron chi connectivity index (χ0n) is 18.9. The molecule has 2 amide bonds. The van der Waals surface area contributed by atoms with Gasteiger partial charge in [0, 0.05) is 0 Å². The Morgan fingerprint density at radius 1 is 1.21 bits per heavy atom. The van der Waals surface area contributed by atoms with Crippen LogP contribution in [0.1, 0.15) is 31.9 Å². The van der Waals surface area contributed by atoms with Crippen LogP contribution in [0.5, 0.6) is 11.5 Å². The summed E-state index contributed by atoms with van der Waals surface area (Å²) in [5.41, 5.74) is 3.15. The van der Waals surface area contributed by atoms with Crippen molar-refractivity contribution in [1.82, 2.24) is 10.7 Å². The highest BCUT2D eigenvalue weighted by Gasteiger charge is 2.24. The summed E-state index contributed by atoms with van der Waals surface area (Å²) in [5.74, 6) is -0.387. The van der Waals surface area contributed by atoms with Gasteiger partial charge in [-0.05, 0) is 60.0 Å². The summed E-state index contributed by atoms with van der Waals surface area (Å²) in [6.07, 6.45) is 0.627. The molecule has 178 valence electrons. The maximum Gasteiger partial charge on any atom is 0.408 e. The van der Waals surface area contributed by atoms with Crippen molar-refractivity contribution in [2.75, 3.05) is 13.7 Å². The zero-order chi connectivity index (χ0) is 24.4. The van der Waals surface area contributed by atoms with Crippen molar-refractivity contribution < 1.29 is 28.9 Å². The minimum Gasteiger partial charge on any atom is -0.503 e. The van der Waals surface area contributed by atoms with E-state index in [0.717, 1.165) is 5.56 Å². The lowest BCUT2D eigenvalue weighted by Crippen LogP contribution is -2.49. The highest BCUT2D eigenvalue weighted by atomic mass is 79.9. The summed E-state index contributed by atoms with van der Waals surface area (Å²) in [6, 6.07) is 11.6. The number of methoxy groups -OCH3 is 1. The van der Waals surface area contributed by atoms with Crippen LogP contribution in [0.25, 0.3) is 0 Å². The van der Waals surface area contributed by atoms with Gasteiger partial charge in [0.15, 0.2) is 11.5 Å². The number of hydrazone groups is 1. The molecule has 1 atom stereocenters. The fourth-order valence-corrected chi connectivity index (χ4v) is 3.03. The van der Waals surface area contributed by atoms with Crippen LogP contribution in [0.4, 0.5) is 4.79 Å². The Kier molecular flexibility index (Phi) is 9.68. The van der Waals surface area contributed by atoms with E-state index in [-0.39, 0.29) is 24.7 Å². The number of phenolic OH excluding ortho intramolecular Hbond substituents is 1. The number of nitrogens with zero attached hydrogens (tertiary/aromatic N) is 1. The van der Waals surface area contributed by atoms with Crippen molar-refractivity contribution in [2.45, 2.75) is 39.0 Å². The predicted octanol–water partition coefficient (Wildman–Crippen LogP) is 3.72. The summed E-state index contributed by atoms with van der Waals surface area (Å²) < 4.78 is 16.4. The molecule has 0 saturated carbocycles. The van der Waals surface area contributed by atoms with Crippen LogP contribution in [0.2, 0.25) is 0 Å². The Morgan fingerprint density at radius 2 is 1.91 bits per heavy atom. The molecule has 2 aromatic carbocycles. The average molecular weight is 522 g/mol. The van der Waals surface area contributed by atoms with Crippen molar-refractivity contribution in [3.05, 3.63) is 58.1 Å². The fraction of sp³-hybridized carbons (Fsp3) is 0.348. The van der Waals surface area contributed by atoms with Gasteiger partial charge in [0.2, 0.25) is 0 Å². The molecule has 0 unspecified atom stereocenters. The molecule has 2 rings (SSSR count). The maximum atomic E-state index is 12.7. The third-order valence-electron chi connectivity index (χ3n) is 4.06. The number of carbonyl (C=O) groups excluding carboxylic acids is 2. The van der Waals surface area contributed by atoms with E-state index in [1.165, 1.54) is 13.3 Å². The Hall–Kier alpha value is -3.11. The number of benzene rings is 2. The Morgan fingerprint density at radius 3 is 2.55 bits per heavy atom. The molecule has 0 spiro atoms. The first kappa shape index (κ1) is 26.1. The Labute approximate surface area is 201 Å². The van der Waals surface area contributed by atoms with E-state index in [9.17, 15) is 14.7 Å². The second kappa shape index (κ2) is 12.2. The first-order valence-electron chi connectivity index (χ1n) is 10.1. The molecule has 9 nitrogen and oxygen atoms in total. The molecule has 0 fully saturated rings. The number of carbonyl (C=O) groups is 2. The minimum atomic E-state index is -1.04. The number of halogens is 1. The number of nitrogens with one attached hydrogen (secondary N) is 2. The van der Waals surface area contributed by atoms with Crippen LogP contribution in [-0.4, -0.2) is 48.7 Å². The van der Waals surface area contributed by atoms with E-state index in [4.69, 9.17) is 14.2 Å². The van der Waals surface area contributed by atoms with E-state index in [2.05, 4.69) is 31.8 Å². The van der Waals surface area contributed by atoms with Crippen molar-refractivity contribution in [3.63, 3.8) is 0 Å². The molecule has 10 heteroatoms. The molecule has 2 aromatic rings. The summed E-state index contributed by atoms with van der Waals surface area (Å²) in [6.45, 7) is 5.35. The average Bonchev–Trinajstić information content (AvgIpc) is 2.74. The van der Waals surface area contributed by atoms with Crippen LogP contribution in [0.15, 0.2) is 52.0 Å². The number of ether oxygens (including phenoxy) is 3. The number of aromatic hydroxyl groups is 1. The van der Waals surface area contributed by atoms with Crippen LogP contribution in [-0.2, 0) is 20.9 Å². The summed E-state index contributed by atoms with van der Waals surface area (Å²) >= 11 is 3.22. The smallest absolute Gasteiger partial charge is 0.408 e. The van der Waals surface area contributed by atoms with Gasteiger partial charge < -0.3 is 24.6 Å². The number of alkyl carbamates (subject to hydrolysis) is 1. The van der Waals surface area contributed by atoms with Gasteiger partial charge >= 0.3 is 6.09 Å². The Bertz CT molecular complexity index is 976. The SMILES string of the molecule is COc1cc(/C=N\NC(=O)[C@H](COCc2ccccc2)NC(=O)OC(C)(C)C)cc(Br)c1O. The van der Waals surface area contributed by atoms with Gasteiger partial charge in [0.05, 0.1) is 31.0 Å². The molecule has 33 heavy (non-hydrogen) atoms. The third-order valence-corrected chi connectivity index (χ3v) is 4.67. The number of rotatable bonds is 9. The third kappa shape index (κ3) is 9.11. The minimum absolute atomic E-state index is 0.0455. The second-order valence-corrected chi connectivity index (χ2v) is 8.84. The van der Waals surface area contributed by atoms with Crippen LogP contribution in [0.3, 0.4) is 0 Å². The molecule has 0 aliphatic heterocycles. The molecule has 0 radical (unpaired) electrons. The molecule has 0 aliphatic carbocycles. The molecule has 0 aliphatic rings. The van der Waals surface area contributed by atoms with Gasteiger partial charge in [-0.1, -0.05) is 30.3 Å². The van der Waals surface area contributed by atoms with Crippen molar-refractivity contribution in [1.29, 1.82) is 0 Å². The van der Waals surface area contributed by atoms with Gasteiger partial charge in [-0.15, -0.1) is 0 Å². The summed E-state index contributed by atoms with van der Waals surface area (Å²) in [7, 11) is 1.42. The van der Waals surface area contributed by atoms with Gasteiger partial charge in [-0.3, -0.25) is 4.79 Å². The van der Waals surface area contributed by atoms with Gasteiger partial charge in [0.25, 0.3) is 5.91 Å². The normalized spacial score (nSPS) is 12.3. The Balaban J connectivity index is 2.04. The van der Waals surface area contributed by atoms with Gasteiger partial charge in [-0.25, -0.2) is 10.2 Å². The lowest BCUT2D eigenvalue weighted by atomic mass is 10.2.